The Bertz CT molecular complexity index is 6640. The van der Waals surface area contributed by atoms with Crippen LogP contribution in [0, 0.1) is 30.8 Å². The Morgan fingerprint density at radius 2 is 0.877 bits per heavy atom. The van der Waals surface area contributed by atoms with Crippen LogP contribution in [0.2, 0.25) is 5.02 Å². The summed E-state index contributed by atoms with van der Waals surface area (Å²) in [5.74, 6) is 12.0. The summed E-state index contributed by atoms with van der Waals surface area (Å²) < 4.78 is 88.8. The number of methoxy groups -OCH3 is 6. The molecule has 19 rings (SSSR count). The van der Waals surface area contributed by atoms with Gasteiger partial charge in [0.25, 0.3) is 16.7 Å². The molecule has 682 valence electrons. The molecule has 4 N–H and O–H groups in total. The van der Waals surface area contributed by atoms with Crippen LogP contribution in [0.25, 0.3) is 76.3 Å². The van der Waals surface area contributed by atoms with E-state index in [4.69, 9.17) is 105 Å². The summed E-state index contributed by atoms with van der Waals surface area (Å²) in [6.07, 6.45) is 10.1. The molecular formula is C92H96Cl2I2N14O20. The number of benzene rings is 8. The lowest BCUT2D eigenvalue weighted by Gasteiger charge is -2.25. The maximum Gasteiger partial charge on any atom is 0.259 e. The third-order valence-corrected chi connectivity index (χ3v) is 23.1. The van der Waals surface area contributed by atoms with Gasteiger partial charge in [0.05, 0.1) is 139 Å². The minimum Gasteiger partial charge on any atom is -0.493 e. The topological polar surface area (TPSA) is 394 Å². The predicted molar refractivity (Wildman–Crippen MR) is 510 cm³/mol. The number of pyridine rings is 1. The van der Waals surface area contributed by atoms with E-state index < -0.39 is 5.24 Å². The quantitative estimate of drug-likeness (QED) is 0.0342. The molecule has 6 aromatic heterocycles. The Morgan fingerprint density at radius 3 is 1.38 bits per heavy atom. The normalized spacial score (nSPS) is 12.5. The van der Waals surface area contributed by atoms with Crippen LogP contribution in [0.5, 0.6) is 92.0 Å². The van der Waals surface area contributed by atoms with Crippen molar-refractivity contribution < 1.29 is 85.4 Å². The number of hydrogen-bond donors (Lipinski definition) is 3. The molecule has 5 aliphatic rings. The Balaban J connectivity index is 0.000000136. The van der Waals surface area contributed by atoms with Crippen LogP contribution >= 0.6 is 68.4 Å². The van der Waals surface area contributed by atoms with Crippen LogP contribution in [-0.4, -0.2) is 163 Å². The van der Waals surface area contributed by atoms with Gasteiger partial charge in [-0.3, -0.25) is 24.3 Å². The lowest BCUT2D eigenvalue weighted by Crippen LogP contribution is -2.33. The first-order chi connectivity index (χ1) is 62.7. The van der Waals surface area contributed by atoms with Crippen molar-refractivity contribution in [2.45, 2.75) is 87.6 Å². The van der Waals surface area contributed by atoms with Crippen LogP contribution < -0.4 is 103 Å². The van der Waals surface area contributed by atoms with Crippen LogP contribution in [-0.2, 0) is 6.54 Å². The molecule has 0 atom stereocenters. The number of nitrogens with one attached hydrogen (secondary N) is 2. The number of anilines is 2. The van der Waals surface area contributed by atoms with Crippen molar-refractivity contribution in [1.82, 2.24) is 55.6 Å². The van der Waals surface area contributed by atoms with Crippen molar-refractivity contribution in [1.29, 1.82) is 0 Å². The monoisotopic (exact) mass is 2040 g/mol. The number of aromatic nitrogens is 11. The summed E-state index contributed by atoms with van der Waals surface area (Å²) in [6.45, 7) is 21.2. The smallest absolute Gasteiger partial charge is 0.259 e. The first-order valence-electron chi connectivity index (χ1n) is 41.3. The third kappa shape index (κ3) is 22.1. The molecule has 38 heteroatoms. The largest absolute Gasteiger partial charge is 0.493 e. The van der Waals surface area contributed by atoms with Gasteiger partial charge in [0.1, 0.15) is 5.52 Å². The second-order valence-corrected chi connectivity index (χ2v) is 34.3. The highest BCUT2D eigenvalue weighted by molar-refractivity contribution is 14.1. The number of rotatable bonds is 21. The van der Waals surface area contributed by atoms with Gasteiger partial charge in [0.2, 0.25) is 39.4 Å². The fraction of sp³-hybridized carbons (Fsp3) is 0.337. The number of nitrogens with zero attached hydrogens (tertiary/aromatic N) is 11. The maximum absolute atomic E-state index is 13.8. The van der Waals surface area contributed by atoms with E-state index in [1.54, 1.807) is 117 Å². The summed E-state index contributed by atoms with van der Waals surface area (Å²) >= 11 is 15.5. The van der Waals surface area contributed by atoms with Gasteiger partial charge in [-0.15, -0.1) is 10.2 Å². The van der Waals surface area contributed by atoms with Gasteiger partial charge in [0.15, 0.2) is 92.0 Å². The zero-order chi connectivity index (χ0) is 92.6. The molecule has 0 spiro atoms. The van der Waals surface area contributed by atoms with Crippen LogP contribution in [0.3, 0.4) is 0 Å². The molecule has 8 aromatic carbocycles. The average molecular weight is 2040 g/mol. The highest BCUT2D eigenvalue weighted by Crippen LogP contribution is 2.45. The number of carbonyl (C=O) groups excluding carboxylic acids is 2. The van der Waals surface area contributed by atoms with E-state index in [9.17, 15) is 19.2 Å². The Hall–Kier alpha value is -12.5. The number of hydrogen-bond acceptors (Lipinski definition) is 31. The predicted octanol–water partition coefficient (Wildman–Crippen LogP) is 17.7. The summed E-state index contributed by atoms with van der Waals surface area (Å²) in [4.78, 5) is 51.7. The molecule has 0 saturated heterocycles. The van der Waals surface area contributed by atoms with E-state index in [-0.39, 0.29) is 50.9 Å². The minimum absolute atomic E-state index is 0.101. The van der Waals surface area contributed by atoms with Gasteiger partial charge >= 0.3 is 0 Å². The van der Waals surface area contributed by atoms with Gasteiger partial charge in [-0.1, -0.05) is 67.0 Å². The van der Waals surface area contributed by atoms with E-state index in [0.29, 0.717) is 177 Å². The van der Waals surface area contributed by atoms with Gasteiger partial charge in [-0.2, -0.15) is 35.7 Å². The Kier molecular flexibility index (Phi) is 32.0. The number of nitrogens with two attached hydrogens (primary N) is 1. The Morgan fingerprint density at radius 1 is 0.462 bits per heavy atom. The van der Waals surface area contributed by atoms with Crippen LogP contribution in [0.4, 0.5) is 11.4 Å². The maximum atomic E-state index is 13.8. The van der Waals surface area contributed by atoms with E-state index >= 15 is 0 Å². The minimum atomic E-state index is -0.504. The Labute approximate surface area is 783 Å². The standard InChI is InChI=1S/C23H24IN3O5.C23H23N3O5.C14H17N3O2.C9H8ClIO3.C9H5ClN2O2.C9H6N2O3.C5H13N/c1-13(2)5-6-27(23(28)14-7-19(29-3)20(30-4)9-16(14)24)18-11-25-26-17-10-22-21(8-15(17)18)31-12-32-22;1-12(2)5-6-26-22-15-9-19-20(31-11-30-19)10-16(15)24-25-21(22)13-7-17(28-3)18(29-4)8-14(13)23(26)27;1-9(2)3-4-15-12-7-16-17-11-6-14-13(5-10(11)12)18-8-19-14;1-13-7-3-5(9(10)12)6(11)4-8(7)14-2;10-6-3-11-12-7-2-9-8(1-5(6)7)13-4-14-9;12-7-3-10-11-6-2-9-8(1-5(6)7)13-4-14-9;1-5(2)3-4-6/h7-11,13H,5-6,12H2,1-4H3;7-10,12H,5-6,11H2,1-4H3;5-7,9H,3-4,8H2,1-2H3,(H,15,17);3-4H,1-2H3;1-3H,4H2;1-3H,4H2,(H,11,12);5H,3-4,6H2,1-2H3. The average Bonchev–Trinajstić information content (AvgIpc) is 1.14. The molecule has 0 unspecified atom stereocenters. The zero-order valence-electron chi connectivity index (χ0n) is 73.7. The summed E-state index contributed by atoms with van der Waals surface area (Å²) in [6, 6.07) is 28.4. The molecule has 0 fully saturated rings. The number of H-pyrrole nitrogens is 1. The SMILES string of the molecule is CC(C)CCN.CC(C)CCNc1cnnc2cc3c(cc12)OCO3.COc1cc(I)c(C(=O)Cl)cc1OC.COc1cc(I)c(C(=O)N(CCC(C)C)c2cnnc3cc4c(cc23)OCO4)cc1OC.COc1cc2c(=O)n(CCC(C)C)c3c4cc5c(cc4nnc3c2cc1OC)OCO5.Clc1cnnc2cc3c(cc12)OCO3.O=c1cn[nH]c2cc3c(cc12)OCO3. The molecule has 0 bridgehead atoms. The molecule has 0 saturated carbocycles. The molecule has 34 nitrogen and oxygen atoms in total. The molecule has 14 aromatic rings. The molecule has 130 heavy (non-hydrogen) atoms. The van der Waals surface area contributed by atoms with E-state index in [1.807, 2.05) is 52.9 Å². The fourth-order valence-corrected chi connectivity index (χ4v) is 15.7. The van der Waals surface area contributed by atoms with E-state index in [0.717, 1.165) is 102 Å². The third-order valence-electron chi connectivity index (χ3n) is 20.8. The molecule has 0 aliphatic carbocycles. The zero-order valence-corrected chi connectivity index (χ0v) is 79.5. The lowest BCUT2D eigenvalue weighted by atomic mass is 10.1. The van der Waals surface area contributed by atoms with Crippen molar-refractivity contribution in [3.8, 4) is 92.0 Å². The summed E-state index contributed by atoms with van der Waals surface area (Å²) in [5.41, 5.74) is 12.4. The second-order valence-electron chi connectivity index (χ2n) is 31.2. The summed E-state index contributed by atoms with van der Waals surface area (Å²) in [5, 5.41) is 48.3. The second kappa shape index (κ2) is 43.7. The van der Waals surface area contributed by atoms with Crippen molar-refractivity contribution in [3.63, 3.8) is 0 Å². The highest BCUT2D eigenvalue weighted by Gasteiger charge is 2.29. The molecule has 5 aliphatic heterocycles. The first kappa shape index (κ1) is 95.1. The molecule has 0 radical (unpaired) electrons. The molecular weight excluding hydrogens is 1950 g/mol. The molecule has 1 amide bonds. The van der Waals surface area contributed by atoms with Gasteiger partial charge in [0, 0.05) is 84.0 Å². The number of halogens is 4. The lowest BCUT2D eigenvalue weighted by molar-refractivity contribution is 0.0984. The highest BCUT2D eigenvalue weighted by atomic mass is 127. The number of fused-ring (bicyclic) bond motifs is 14. The first-order valence-corrected chi connectivity index (χ1v) is 44.2. The fourth-order valence-electron chi connectivity index (χ4n) is 13.9. The van der Waals surface area contributed by atoms with E-state index in [2.05, 4.69) is 134 Å². The number of aromatic amines is 1. The number of aryl methyl sites for hydroxylation is 1. The number of amides is 1. The van der Waals surface area contributed by atoms with Gasteiger partial charge in [-0.05, 0) is 179 Å². The van der Waals surface area contributed by atoms with Crippen molar-refractivity contribution in [3.05, 3.63) is 166 Å². The van der Waals surface area contributed by atoms with Gasteiger partial charge in [-0.25, -0.2) is 0 Å². The summed E-state index contributed by atoms with van der Waals surface area (Å²) in [7, 11) is 9.29. The number of ether oxygens (including phenoxy) is 16. The van der Waals surface area contributed by atoms with Crippen LogP contribution in [0.1, 0.15) is 102 Å². The van der Waals surface area contributed by atoms with Crippen molar-refractivity contribution in [2.24, 2.45) is 29.4 Å². The van der Waals surface area contributed by atoms with Crippen molar-refractivity contribution in [2.75, 3.05) is 106 Å². The van der Waals surface area contributed by atoms with Gasteiger partial charge < -0.3 is 96.3 Å². The number of carbonyl (C=O) groups is 2. The molecule has 11 heterocycles. The van der Waals surface area contributed by atoms with Crippen LogP contribution in [0.15, 0.2) is 131 Å². The van der Waals surface area contributed by atoms with E-state index in [1.165, 1.54) is 26.6 Å². The van der Waals surface area contributed by atoms with Crippen molar-refractivity contribution >= 4 is 167 Å².